The van der Waals surface area contributed by atoms with E-state index in [9.17, 15) is 9.90 Å². The lowest BCUT2D eigenvalue weighted by atomic mass is 10.2. The number of phenolic OH excluding ortho intramolecular Hbond substituents is 1. The van der Waals surface area contributed by atoms with E-state index in [-0.39, 0.29) is 30.1 Å². The molecular weight excluding hydrogens is 246 g/mol. The van der Waals surface area contributed by atoms with E-state index in [0.29, 0.717) is 5.76 Å². The predicted molar refractivity (Wildman–Crippen MR) is 68.9 cm³/mol. The smallest absolute Gasteiger partial charge is 0.258 e. The molecule has 0 fully saturated rings. The normalized spacial score (nSPS) is 11.8. The van der Waals surface area contributed by atoms with Gasteiger partial charge in [0.15, 0.2) is 18.1 Å². The summed E-state index contributed by atoms with van der Waals surface area (Å²) in [6, 6.07) is 9.82. The van der Waals surface area contributed by atoms with Crippen LogP contribution in [0.4, 0.5) is 0 Å². The number of amides is 1. The Morgan fingerprint density at radius 1 is 1.37 bits per heavy atom. The largest absolute Gasteiger partial charge is 0.504 e. The number of phenols is 1. The molecule has 0 saturated heterocycles. The van der Waals surface area contributed by atoms with Crippen LogP contribution in [0.3, 0.4) is 0 Å². The SMILES string of the molecule is CC(NC(=O)COc1ccccc1O)c1ccco1. The van der Waals surface area contributed by atoms with Gasteiger partial charge in [-0.2, -0.15) is 0 Å². The molecule has 0 saturated carbocycles. The molecule has 0 aliphatic rings. The highest BCUT2D eigenvalue weighted by Gasteiger charge is 2.12. The fourth-order valence-electron chi connectivity index (χ4n) is 1.61. The highest BCUT2D eigenvalue weighted by atomic mass is 16.5. The van der Waals surface area contributed by atoms with Gasteiger partial charge in [-0.15, -0.1) is 0 Å². The van der Waals surface area contributed by atoms with E-state index in [4.69, 9.17) is 9.15 Å². The van der Waals surface area contributed by atoms with Crippen LogP contribution in [-0.2, 0) is 4.79 Å². The van der Waals surface area contributed by atoms with Crippen LogP contribution < -0.4 is 10.1 Å². The molecule has 1 unspecified atom stereocenters. The molecule has 1 atom stereocenters. The molecule has 0 aliphatic carbocycles. The molecule has 1 amide bonds. The molecule has 0 radical (unpaired) electrons. The standard InChI is InChI=1S/C14H15NO4/c1-10(12-7-4-8-18-12)15-14(17)9-19-13-6-3-2-5-11(13)16/h2-8,10,16H,9H2,1H3,(H,15,17). The summed E-state index contributed by atoms with van der Waals surface area (Å²) in [7, 11) is 0. The Morgan fingerprint density at radius 2 is 2.16 bits per heavy atom. The number of carbonyl (C=O) groups excluding carboxylic acids is 1. The second-order valence-electron chi connectivity index (χ2n) is 4.06. The monoisotopic (exact) mass is 261 g/mol. The van der Waals surface area contributed by atoms with Crippen molar-refractivity contribution >= 4 is 5.91 Å². The van der Waals surface area contributed by atoms with Gasteiger partial charge in [0.1, 0.15) is 5.76 Å². The number of aromatic hydroxyl groups is 1. The number of nitrogens with one attached hydrogen (secondary N) is 1. The van der Waals surface area contributed by atoms with Crippen LogP contribution in [0.15, 0.2) is 47.1 Å². The van der Waals surface area contributed by atoms with Crippen molar-refractivity contribution in [1.82, 2.24) is 5.32 Å². The molecule has 0 aliphatic heterocycles. The van der Waals surface area contributed by atoms with Crippen molar-refractivity contribution in [1.29, 1.82) is 0 Å². The number of para-hydroxylation sites is 2. The highest BCUT2D eigenvalue weighted by molar-refractivity contribution is 5.78. The average molecular weight is 261 g/mol. The fraction of sp³-hybridized carbons (Fsp3) is 0.214. The molecule has 0 spiro atoms. The van der Waals surface area contributed by atoms with Crippen molar-refractivity contribution in [2.24, 2.45) is 0 Å². The number of benzene rings is 1. The Morgan fingerprint density at radius 3 is 2.84 bits per heavy atom. The fourth-order valence-corrected chi connectivity index (χ4v) is 1.61. The Labute approximate surface area is 110 Å². The van der Waals surface area contributed by atoms with Crippen LogP contribution in [0.25, 0.3) is 0 Å². The Balaban J connectivity index is 1.84. The molecule has 2 rings (SSSR count). The maximum absolute atomic E-state index is 11.7. The number of rotatable bonds is 5. The molecule has 2 aromatic rings. The third kappa shape index (κ3) is 3.51. The van der Waals surface area contributed by atoms with Crippen LogP contribution in [0, 0.1) is 0 Å². The first-order valence-electron chi connectivity index (χ1n) is 5.90. The lowest BCUT2D eigenvalue weighted by molar-refractivity contribution is -0.123. The minimum Gasteiger partial charge on any atom is -0.504 e. The van der Waals surface area contributed by atoms with Crippen molar-refractivity contribution in [3.8, 4) is 11.5 Å². The van der Waals surface area contributed by atoms with E-state index in [1.54, 1.807) is 36.6 Å². The molecule has 100 valence electrons. The summed E-state index contributed by atoms with van der Waals surface area (Å²) in [6.45, 7) is 1.65. The summed E-state index contributed by atoms with van der Waals surface area (Å²) in [5.74, 6) is 0.681. The molecule has 1 heterocycles. The number of hydrogen-bond acceptors (Lipinski definition) is 4. The zero-order valence-corrected chi connectivity index (χ0v) is 10.5. The van der Waals surface area contributed by atoms with E-state index in [0.717, 1.165) is 0 Å². The summed E-state index contributed by atoms with van der Waals surface area (Å²) >= 11 is 0. The van der Waals surface area contributed by atoms with E-state index in [1.165, 1.54) is 6.07 Å². The minimum absolute atomic E-state index is 0.00869. The average Bonchev–Trinajstić information content (AvgIpc) is 2.91. The van der Waals surface area contributed by atoms with E-state index >= 15 is 0 Å². The van der Waals surface area contributed by atoms with Crippen LogP contribution >= 0.6 is 0 Å². The zero-order valence-electron chi connectivity index (χ0n) is 10.5. The maximum Gasteiger partial charge on any atom is 0.258 e. The molecule has 2 N–H and O–H groups in total. The molecular formula is C14H15NO4. The molecule has 5 nitrogen and oxygen atoms in total. The molecule has 1 aromatic carbocycles. The van der Waals surface area contributed by atoms with Gasteiger partial charge in [0, 0.05) is 0 Å². The van der Waals surface area contributed by atoms with Gasteiger partial charge in [0.05, 0.1) is 12.3 Å². The molecule has 19 heavy (non-hydrogen) atoms. The van der Waals surface area contributed by atoms with Crippen molar-refractivity contribution in [3.63, 3.8) is 0 Å². The molecule has 1 aromatic heterocycles. The topological polar surface area (TPSA) is 71.7 Å². The lowest BCUT2D eigenvalue weighted by Gasteiger charge is -2.12. The quantitative estimate of drug-likeness (QED) is 0.865. The van der Waals surface area contributed by atoms with E-state index < -0.39 is 0 Å². The summed E-state index contributed by atoms with van der Waals surface area (Å²) in [6.07, 6.45) is 1.55. The number of furan rings is 1. The minimum atomic E-state index is -0.285. The molecule has 0 bridgehead atoms. The zero-order chi connectivity index (χ0) is 13.7. The van der Waals surface area contributed by atoms with Gasteiger partial charge in [-0.05, 0) is 31.2 Å². The van der Waals surface area contributed by atoms with E-state index in [2.05, 4.69) is 5.32 Å². The summed E-state index contributed by atoms with van der Waals surface area (Å²) in [5, 5.41) is 12.2. The summed E-state index contributed by atoms with van der Waals surface area (Å²) in [4.78, 5) is 11.7. The second kappa shape index (κ2) is 5.95. The Bertz CT molecular complexity index is 536. The first kappa shape index (κ1) is 13.0. The number of carbonyl (C=O) groups is 1. The van der Waals surface area contributed by atoms with Gasteiger partial charge >= 0.3 is 0 Å². The lowest BCUT2D eigenvalue weighted by Crippen LogP contribution is -2.31. The van der Waals surface area contributed by atoms with Gasteiger partial charge < -0.3 is 19.6 Å². The first-order valence-corrected chi connectivity index (χ1v) is 5.90. The van der Waals surface area contributed by atoms with Gasteiger partial charge in [-0.3, -0.25) is 4.79 Å². The van der Waals surface area contributed by atoms with Crippen LogP contribution in [0.2, 0.25) is 0 Å². The maximum atomic E-state index is 11.7. The van der Waals surface area contributed by atoms with Crippen LogP contribution in [-0.4, -0.2) is 17.6 Å². The third-order valence-electron chi connectivity index (χ3n) is 2.57. The second-order valence-corrected chi connectivity index (χ2v) is 4.06. The Kier molecular flexibility index (Phi) is 4.07. The van der Waals surface area contributed by atoms with Crippen molar-refractivity contribution in [2.75, 3.05) is 6.61 Å². The number of hydrogen-bond donors (Lipinski definition) is 2. The molecule has 5 heteroatoms. The summed E-state index contributed by atoms with van der Waals surface area (Å²) in [5.41, 5.74) is 0. The first-order chi connectivity index (χ1) is 9.16. The highest BCUT2D eigenvalue weighted by Crippen LogP contribution is 2.24. The summed E-state index contributed by atoms with van der Waals surface area (Å²) < 4.78 is 10.4. The van der Waals surface area contributed by atoms with Gasteiger partial charge in [-0.1, -0.05) is 12.1 Å². The van der Waals surface area contributed by atoms with Crippen molar-refractivity contribution < 1.29 is 19.1 Å². The number of ether oxygens (including phenoxy) is 1. The predicted octanol–water partition coefficient (Wildman–Crippen LogP) is 2.24. The third-order valence-corrected chi connectivity index (χ3v) is 2.57. The van der Waals surface area contributed by atoms with Crippen LogP contribution in [0.5, 0.6) is 11.5 Å². The van der Waals surface area contributed by atoms with Crippen molar-refractivity contribution in [3.05, 3.63) is 48.4 Å². The van der Waals surface area contributed by atoms with Crippen molar-refractivity contribution in [2.45, 2.75) is 13.0 Å². The van der Waals surface area contributed by atoms with Gasteiger partial charge in [0.25, 0.3) is 5.91 Å². The van der Waals surface area contributed by atoms with Gasteiger partial charge in [-0.25, -0.2) is 0 Å². The Hall–Kier alpha value is -2.43. The van der Waals surface area contributed by atoms with Crippen LogP contribution in [0.1, 0.15) is 18.7 Å². The van der Waals surface area contributed by atoms with Gasteiger partial charge in [0.2, 0.25) is 0 Å². The van der Waals surface area contributed by atoms with E-state index in [1.807, 2.05) is 6.92 Å².